The third kappa shape index (κ3) is 4.75. The number of aromatic nitrogens is 3. The number of carbonyl (C=O) groups is 2. The summed E-state index contributed by atoms with van der Waals surface area (Å²) in [5.41, 5.74) is 0. The number of ether oxygens (including phenoxy) is 1. The first-order valence-electron chi connectivity index (χ1n) is 8.06. The minimum Gasteiger partial charge on any atom is -0.372 e. The highest BCUT2D eigenvalue weighted by Crippen LogP contribution is 2.19. The average molecular weight is 323 g/mol. The van der Waals surface area contributed by atoms with E-state index in [2.05, 4.69) is 20.5 Å². The van der Waals surface area contributed by atoms with Gasteiger partial charge in [0.25, 0.3) is 0 Å². The Bertz CT molecular complexity index is 537. The zero-order valence-electron chi connectivity index (χ0n) is 14.0. The number of amides is 2. The predicted octanol–water partition coefficient (Wildman–Crippen LogP) is 0.565. The smallest absolute Gasteiger partial charge is 0.248 e. The van der Waals surface area contributed by atoms with Gasteiger partial charge in [0, 0.05) is 25.6 Å². The van der Waals surface area contributed by atoms with Crippen LogP contribution in [0.4, 0.5) is 0 Å². The van der Waals surface area contributed by atoms with E-state index in [1.54, 1.807) is 4.90 Å². The van der Waals surface area contributed by atoms with Crippen molar-refractivity contribution in [2.45, 2.75) is 39.7 Å². The highest BCUT2D eigenvalue weighted by Gasteiger charge is 2.28. The van der Waals surface area contributed by atoms with Crippen molar-refractivity contribution in [1.82, 2.24) is 25.4 Å². The minimum absolute atomic E-state index is 0.00291. The number of hydrogen-bond donors (Lipinski definition) is 2. The summed E-state index contributed by atoms with van der Waals surface area (Å²) in [6.45, 7) is 7.38. The maximum Gasteiger partial charge on any atom is 0.248 e. The summed E-state index contributed by atoms with van der Waals surface area (Å²) >= 11 is 0. The standard InChI is InChI=1S/C15H25N5O3/c1-4-23-9-13(21)20-7-5-12(6-8-20)15(22)16-10(2)14-17-11(3)18-19-14/h10,12H,4-9H2,1-3H3,(H,16,22)(H,17,18,19). The number of aryl methyl sites for hydroxylation is 1. The normalized spacial score (nSPS) is 17.1. The zero-order valence-corrected chi connectivity index (χ0v) is 14.0. The lowest BCUT2D eigenvalue weighted by atomic mass is 9.95. The van der Waals surface area contributed by atoms with Crippen LogP contribution in [0.15, 0.2) is 0 Å². The van der Waals surface area contributed by atoms with Crippen molar-refractivity contribution < 1.29 is 14.3 Å². The van der Waals surface area contributed by atoms with E-state index in [9.17, 15) is 9.59 Å². The Labute approximate surface area is 136 Å². The number of nitrogens with one attached hydrogen (secondary N) is 2. The summed E-state index contributed by atoms with van der Waals surface area (Å²) in [7, 11) is 0. The van der Waals surface area contributed by atoms with E-state index in [0.717, 1.165) is 5.82 Å². The molecule has 2 N–H and O–H groups in total. The molecular formula is C15H25N5O3. The van der Waals surface area contributed by atoms with Crippen LogP contribution in [0.25, 0.3) is 0 Å². The molecule has 1 saturated heterocycles. The first kappa shape index (κ1) is 17.4. The molecule has 1 aromatic rings. The number of rotatable bonds is 6. The highest BCUT2D eigenvalue weighted by atomic mass is 16.5. The maximum absolute atomic E-state index is 12.3. The number of nitrogens with zero attached hydrogens (tertiary/aromatic N) is 3. The molecule has 2 heterocycles. The summed E-state index contributed by atoms with van der Waals surface area (Å²) in [5.74, 6) is 1.23. The van der Waals surface area contributed by atoms with Crippen molar-refractivity contribution in [3.8, 4) is 0 Å². The Balaban J connectivity index is 1.78. The Hall–Kier alpha value is -1.96. The molecule has 8 heteroatoms. The number of piperidine rings is 1. The average Bonchev–Trinajstić information content (AvgIpc) is 2.99. The molecule has 2 rings (SSSR count). The molecule has 0 aromatic carbocycles. The van der Waals surface area contributed by atoms with Crippen molar-refractivity contribution >= 4 is 11.8 Å². The summed E-state index contributed by atoms with van der Waals surface area (Å²) in [5, 5.41) is 9.77. The van der Waals surface area contributed by atoms with Crippen LogP contribution in [0.1, 0.15) is 44.4 Å². The summed E-state index contributed by atoms with van der Waals surface area (Å²) in [6.07, 6.45) is 1.34. The SMILES string of the molecule is CCOCC(=O)N1CCC(C(=O)NC(C)c2n[nH]c(C)n2)CC1. The number of aromatic amines is 1. The van der Waals surface area contributed by atoms with Gasteiger partial charge in [0.1, 0.15) is 12.4 Å². The van der Waals surface area contributed by atoms with Gasteiger partial charge >= 0.3 is 0 Å². The van der Waals surface area contributed by atoms with Crippen LogP contribution in [0, 0.1) is 12.8 Å². The molecule has 1 unspecified atom stereocenters. The van der Waals surface area contributed by atoms with Gasteiger partial charge in [-0.1, -0.05) is 0 Å². The quantitative estimate of drug-likeness (QED) is 0.797. The van der Waals surface area contributed by atoms with Gasteiger partial charge < -0.3 is 15.0 Å². The molecule has 0 saturated carbocycles. The summed E-state index contributed by atoms with van der Waals surface area (Å²) < 4.78 is 5.14. The van der Waals surface area contributed by atoms with Crippen molar-refractivity contribution in [1.29, 1.82) is 0 Å². The van der Waals surface area contributed by atoms with Gasteiger partial charge in [0.05, 0.1) is 6.04 Å². The molecule has 1 atom stereocenters. The van der Waals surface area contributed by atoms with Gasteiger partial charge in [0.2, 0.25) is 11.8 Å². The molecule has 0 bridgehead atoms. The van der Waals surface area contributed by atoms with E-state index in [0.29, 0.717) is 38.4 Å². The van der Waals surface area contributed by atoms with E-state index in [4.69, 9.17) is 4.74 Å². The van der Waals surface area contributed by atoms with Crippen molar-refractivity contribution in [3.05, 3.63) is 11.6 Å². The summed E-state index contributed by atoms with van der Waals surface area (Å²) in [4.78, 5) is 30.2. The lowest BCUT2D eigenvalue weighted by molar-refractivity contribution is -0.139. The monoisotopic (exact) mass is 323 g/mol. The van der Waals surface area contributed by atoms with Crippen LogP contribution in [0.5, 0.6) is 0 Å². The highest BCUT2D eigenvalue weighted by molar-refractivity contribution is 5.80. The molecule has 1 fully saturated rings. The predicted molar refractivity (Wildman–Crippen MR) is 83.5 cm³/mol. The molecule has 0 radical (unpaired) electrons. The van der Waals surface area contributed by atoms with Crippen LogP contribution in [0.3, 0.4) is 0 Å². The third-order valence-electron chi connectivity index (χ3n) is 4.01. The summed E-state index contributed by atoms with van der Waals surface area (Å²) in [6, 6.07) is -0.231. The van der Waals surface area contributed by atoms with Gasteiger partial charge in [-0.2, -0.15) is 5.10 Å². The van der Waals surface area contributed by atoms with Crippen molar-refractivity contribution in [3.63, 3.8) is 0 Å². The van der Waals surface area contributed by atoms with Crippen LogP contribution >= 0.6 is 0 Å². The first-order valence-corrected chi connectivity index (χ1v) is 8.06. The second kappa shape index (κ2) is 8.05. The van der Waals surface area contributed by atoms with E-state index in [1.165, 1.54) is 0 Å². The van der Waals surface area contributed by atoms with Gasteiger partial charge in [-0.3, -0.25) is 14.7 Å². The second-order valence-corrected chi connectivity index (χ2v) is 5.80. The van der Waals surface area contributed by atoms with Crippen molar-refractivity contribution in [2.75, 3.05) is 26.3 Å². The molecule has 8 nitrogen and oxygen atoms in total. The zero-order chi connectivity index (χ0) is 16.8. The Kier molecular flexibility index (Phi) is 6.09. The molecule has 0 spiro atoms. The Morgan fingerprint density at radius 3 is 2.70 bits per heavy atom. The lowest BCUT2D eigenvalue weighted by Gasteiger charge is -2.31. The molecule has 1 aliphatic rings. The van der Waals surface area contributed by atoms with Crippen LogP contribution in [0.2, 0.25) is 0 Å². The van der Waals surface area contributed by atoms with Gasteiger partial charge in [0.15, 0.2) is 5.82 Å². The molecule has 0 aliphatic carbocycles. The number of carbonyl (C=O) groups excluding carboxylic acids is 2. The Morgan fingerprint density at radius 2 is 2.13 bits per heavy atom. The van der Waals surface area contributed by atoms with Crippen LogP contribution < -0.4 is 5.32 Å². The second-order valence-electron chi connectivity index (χ2n) is 5.80. The van der Waals surface area contributed by atoms with Crippen molar-refractivity contribution in [2.24, 2.45) is 5.92 Å². The van der Waals surface area contributed by atoms with Crippen LogP contribution in [-0.2, 0) is 14.3 Å². The fourth-order valence-corrected chi connectivity index (χ4v) is 2.62. The van der Waals surface area contributed by atoms with Gasteiger partial charge in [-0.15, -0.1) is 0 Å². The van der Waals surface area contributed by atoms with E-state index >= 15 is 0 Å². The largest absolute Gasteiger partial charge is 0.372 e. The van der Waals surface area contributed by atoms with Gasteiger partial charge in [-0.25, -0.2) is 4.98 Å². The van der Waals surface area contributed by atoms with E-state index < -0.39 is 0 Å². The van der Waals surface area contributed by atoms with Crippen LogP contribution in [-0.4, -0.2) is 58.2 Å². The molecule has 23 heavy (non-hydrogen) atoms. The number of likely N-dealkylation sites (tertiary alicyclic amines) is 1. The fraction of sp³-hybridized carbons (Fsp3) is 0.733. The first-order chi connectivity index (χ1) is 11.0. The van der Waals surface area contributed by atoms with Gasteiger partial charge in [-0.05, 0) is 33.6 Å². The Morgan fingerprint density at radius 1 is 1.43 bits per heavy atom. The van der Waals surface area contributed by atoms with E-state index in [1.807, 2.05) is 20.8 Å². The maximum atomic E-state index is 12.3. The van der Waals surface area contributed by atoms with E-state index in [-0.39, 0.29) is 30.4 Å². The number of H-pyrrole nitrogens is 1. The minimum atomic E-state index is -0.231. The number of hydrogen-bond acceptors (Lipinski definition) is 5. The third-order valence-corrected chi connectivity index (χ3v) is 4.01. The molecule has 128 valence electrons. The molecule has 1 aromatic heterocycles. The molecular weight excluding hydrogens is 298 g/mol. The lowest BCUT2D eigenvalue weighted by Crippen LogP contribution is -2.44. The fourth-order valence-electron chi connectivity index (χ4n) is 2.62. The molecule has 2 amide bonds. The topological polar surface area (TPSA) is 100 Å². The molecule has 1 aliphatic heterocycles.